The fourth-order valence-electron chi connectivity index (χ4n) is 0.788. The van der Waals surface area contributed by atoms with Crippen molar-refractivity contribution in [3.8, 4) is 0 Å². The van der Waals surface area contributed by atoms with Crippen molar-refractivity contribution in [1.29, 1.82) is 0 Å². The Kier molecular flexibility index (Phi) is 2.18. The van der Waals surface area contributed by atoms with Crippen LogP contribution in [0, 0.1) is 0 Å². The van der Waals surface area contributed by atoms with Gasteiger partial charge in [-0.25, -0.2) is 0 Å². The highest BCUT2D eigenvalue weighted by atomic mass is 16.3. The maximum absolute atomic E-state index is 10.6. The van der Waals surface area contributed by atoms with Crippen LogP contribution in [0.2, 0.25) is 0 Å². The first-order chi connectivity index (χ1) is 5.25. The summed E-state index contributed by atoms with van der Waals surface area (Å²) in [5.74, 6) is -0.616. The predicted octanol–water partition coefficient (Wildman–Crippen LogP) is -0.327. The van der Waals surface area contributed by atoms with E-state index in [1.165, 1.54) is 6.20 Å². The molecule has 0 spiro atoms. The summed E-state index contributed by atoms with van der Waals surface area (Å²) in [6.07, 6.45) is 1.46. The van der Waals surface area contributed by atoms with E-state index in [2.05, 4.69) is 4.98 Å². The Morgan fingerprint density at radius 2 is 2.45 bits per heavy atom. The van der Waals surface area contributed by atoms with E-state index >= 15 is 0 Å². The highest BCUT2D eigenvalue weighted by Crippen LogP contribution is 2.02. The molecule has 0 unspecified atom stereocenters. The highest BCUT2D eigenvalue weighted by Gasteiger charge is 2.06. The van der Waals surface area contributed by atoms with E-state index in [1.807, 2.05) is 0 Å². The molecular weight excluding hydrogens is 144 g/mol. The van der Waals surface area contributed by atoms with Crippen molar-refractivity contribution in [2.75, 3.05) is 0 Å². The van der Waals surface area contributed by atoms with Crippen molar-refractivity contribution in [3.05, 3.63) is 29.6 Å². The molecule has 4 nitrogen and oxygen atoms in total. The molecule has 4 heteroatoms. The molecule has 1 aromatic rings. The minimum Gasteiger partial charge on any atom is -0.392 e. The molecule has 0 aromatic carbocycles. The van der Waals surface area contributed by atoms with Gasteiger partial charge in [0.15, 0.2) is 0 Å². The second-order valence-corrected chi connectivity index (χ2v) is 2.03. The van der Waals surface area contributed by atoms with Gasteiger partial charge in [0, 0.05) is 11.8 Å². The van der Waals surface area contributed by atoms with Crippen molar-refractivity contribution in [2.24, 2.45) is 5.73 Å². The number of pyridine rings is 1. The van der Waals surface area contributed by atoms with Gasteiger partial charge in [-0.3, -0.25) is 9.78 Å². The molecule has 1 amide bonds. The summed E-state index contributed by atoms with van der Waals surface area (Å²) < 4.78 is 0. The summed E-state index contributed by atoms with van der Waals surface area (Å²) in [6.45, 7) is -0.216. The summed E-state index contributed by atoms with van der Waals surface area (Å²) in [5.41, 5.74) is 5.57. The van der Waals surface area contributed by atoms with Crippen LogP contribution in [0.25, 0.3) is 0 Å². The molecule has 0 bridgehead atoms. The molecule has 0 aliphatic rings. The molecule has 1 aromatic heterocycles. The molecule has 0 saturated carbocycles. The Bertz CT molecular complexity index is 273. The number of hydrogen-bond donors (Lipinski definition) is 2. The average Bonchev–Trinajstić information content (AvgIpc) is 2.04. The van der Waals surface area contributed by atoms with E-state index in [4.69, 9.17) is 10.8 Å². The number of primary amides is 1. The topological polar surface area (TPSA) is 76.2 Å². The monoisotopic (exact) mass is 152 g/mol. The van der Waals surface area contributed by atoms with E-state index < -0.39 is 5.91 Å². The third-order valence-corrected chi connectivity index (χ3v) is 1.30. The van der Waals surface area contributed by atoms with E-state index in [0.717, 1.165) is 0 Å². The molecule has 11 heavy (non-hydrogen) atoms. The van der Waals surface area contributed by atoms with Crippen LogP contribution in [0.1, 0.15) is 16.1 Å². The normalized spacial score (nSPS) is 9.55. The third-order valence-electron chi connectivity index (χ3n) is 1.30. The molecule has 0 fully saturated rings. The number of carbonyl (C=O) groups is 1. The molecule has 3 N–H and O–H groups in total. The van der Waals surface area contributed by atoms with Crippen LogP contribution in [-0.4, -0.2) is 16.0 Å². The lowest BCUT2D eigenvalue weighted by Gasteiger charge is -1.99. The molecule has 0 atom stereocenters. The Morgan fingerprint density at radius 3 is 2.91 bits per heavy atom. The average molecular weight is 152 g/mol. The number of nitrogens with zero attached hydrogens (tertiary/aromatic N) is 1. The fraction of sp³-hybridized carbons (Fsp3) is 0.143. The van der Waals surface area contributed by atoms with Crippen LogP contribution in [0.4, 0.5) is 0 Å². The van der Waals surface area contributed by atoms with Crippen LogP contribution in [-0.2, 0) is 6.61 Å². The highest BCUT2D eigenvalue weighted by molar-refractivity contribution is 5.92. The first-order valence-corrected chi connectivity index (χ1v) is 3.10. The number of nitrogens with two attached hydrogens (primary N) is 1. The summed E-state index contributed by atoms with van der Waals surface area (Å²) in [4.78, 5) is 14.3. The van der Waals surface area contributed by atoms with E-state index in [9.17, 15) is 4.79 Å². The summed E-state index contributed by atoms with van der Waals surface area (Å²) >= 11 is 0. The number of amides is 1. The SMILES string of the molecule is NC(=O)c1ncccc1CO. The standard InChI is InChI=1S/C7H8N2O2/c8-7(11)6-5(4-10)2-1-3-9-6/h1-3,10H,4H2,(H2,8,11). The molecule has 1 rings (SSSR count). The number of aliphatic hydroxyl groups is 1. The van der Waals surface area contributed by atoms with Gasteiger partial charge in [-0.05, 0) is 6.07 Å². The van der Waals surface area contributed by atoms with Gasteiger partial charge in [-0.1, -0.05) is 6.07 Å². The molecular formula is C7H8N2O2. The zero-order valence-corrected chi connectivity index (χ0v) is 5.82. The fourth-order valence-corrected chi connectivity index (χ4v) is 0.788. The lowest BCUT2D eigenvalue weighted by molar-refractivity contribution is 0.0992. The summed E-state index contributed by atoms with van der Waals surface area (Å²) in [5, 5.41) is 8.72. The van der Waals surface area contributed by atoms with Crippen molar-refractivity contribution in [2.45, 2.75) is 6.61 Å². The lowest BCUT2D eigenvalue weighted by atomic mass is 10.2. The zero-order chi connectivity index (χ0) is 8.27. The van der Waals surface area contributed by atoms with E-state index in [1.54, 1.807) is 12.1 Å². The maximum Gasteiger partial charge on any atom is 0.267 e. The van der Waals surface area contributed by atoms with Crippen LogP contribution in [0.5, 0.6) is 0 Å². The molecule has 0 aliphatic heterocycles. The van der Waals surface area contributed by atoms with Crippen LogP contribution in [0.15, 0.2) is 18.3 Å². The zero-order valence-electron chi connectivity index (χ0n) is 5.82. The van der Waals surface area contributed by atoms with Gasteiger partial charge in [0.05, 0.1) is 6.61 Å². The second kappa shape index (κ2) is 3.12. The second-order valence-electron chi connectivity index (χ2n) is 2.03. The Labute approximate surface area is 63.7 Å². The quantitative estimate of drug-likeness (QED) is 0.609. The molecule has 58 valence electrons. The maximum atomic E-state index is 10.6. The van der Waals surface area contributed by atoms with Gasteiger partial charge < -0.3 is 10.8 Å². The van der Waals surface area contributed by atoms with Gasteiger partial charge in [0.2, 0.25) is 0 Å². The van der Waals surface area contributed by atoms with Crippen LogP contribution in [0.3, 0.4) is 0 Å². The van der Waals surface area contributed by atoms with Gasteiger partial charge in [0.1, 0.15) is 5.69 Å². The van der Waals surface area contributed by atoms with Crippen molar-refractivity contribution < 1.29 is 9.90 Å². The number of aromatic nitrogens is 1. The predicted molar refractivity (Wildman–Crippen MR) is 38.7 cm³/mol. The molecule has 0 saturated heterocycles. The van der Waals surface area contributed by atoms with Gasteiger partial charge in [-0.2, -0.15) is 0 Å². The van der Waals surface area contributed by atoms with Crippen LogP contribution >= 0.6 is 0 Å². The molecule has 0 aliphatic carbocycles. The van der Waals surface area contributed by atoms with Crippen molar-refractivity contribution in [1.82, 2.24) is 4.98 Å². The minimum absolute atomic E-state index is 0.134. The Balaban J connectivity index is 3.12. The first-order valence-electron chi connectivity index (χ1n) is 3.10. The summed E-state index contributed by atoms with van der Waals surface area (Å²) in [6, 6.07) is 3.24. The Morgan fingerprint density at radius 1 is 1.73 bits per heavy atom. The summed E-state index contributed by atoms with van der Waals surface area (Å²) in [7, 11) is 0. The van der Waals surface area contributed by atoms with Gasteiger partial charge in [0.25, 0.3) is 5.91 Å². The largest absolute Gasteiger partial charge is 0.392 e. The number of rotatable bonds is 2. The van der Waals surface area contributed by atoms with Crippen LogP contribution < -0.4 is 5.73 Å². The Hall–Kier alpha value is -1.42. The molecule has 0 radical (unpaired) electrons. The lowest BCUT2D eigenvalue weighted by Crippen LogP contribution is -2.15. The minimum atomic E-state index is -0.616. The number of carbonyl (C=O) groups excluding carboxylic acids is 1. The van der Waals surface area contributed by atoms with Gasteiger partial charge >= 0.3 is 0 Å². The van der Waals surface area contributed by atoms with Crippen molar-refractivity contribution >= 4 is 5.91 Å². The first kappa shape index (κ1) is 7.68. The van der Waals surface area contributed by atoms with Crippen molar-refractivity contribution in [3.63, 3.8) is 0 Å². The van der Waals surface area contributed by atoms with E-state index in [0.29, 0.717) is 5.56 Å². The smallest absolute Gasteiger partial charge is 0.267 e. The number of aliphatic hydroxyl groups excluding tert-OH is 1. The van der Waals surface area contributed by atoms with Gasteiger partial charge in [-0.15, -0.1) is 0 Å². The third kappa shape index (κ3) is 1.53. The molecule has 1 heterocycles. The van der Waals surface area contributed by atoms with E-state index in [-0.39, 0.29) is 12.3 Å². The number of hydrogen-bond acceptors (Lipinski definition) is 3.